The average molecular weight is 458 g/mol. The Hall–Kier alpha value is -3.28. The molecule has 0 unspecified atom stereocenters. The summed E-state index contributed by atoms with van der Waals surface area (Å²) in [6.45, 7) is 1.46. The number of morpholine rings is 1. The van der Waals surface area contributed by atoms with Crippen molar-refractivity contribution in [2.24, 2.45) is 0 Å². The summed E-state index contributed by atoms with van der Waals surface area (Å²) in [5, 5.41) is 6.89. The van der Waals surface area contributed by atoms with E-state index in [0.29, 0.717) is 13.2 Å². The van der Waals surface area contributed by atoms with Gasteiger partial charge >= 0.3 is 0 Å². The highest BCUT2D eigenvalue weighted by Gasteiger charge is 2.30. The number of aromatic nitrogens is 3. The number of hydrogen-bond donors (Lipinski definition) is 1. The summed E-state index contributed by atoms with van der Waals surface area (Å²) in [4.78, 5) is 16.6. The molecule has 1 fully saturated rings. The van der Waals surface area contributed by atoms with Crippen molar-refractivity contribution in [3.05, 3.63) is 66.2 Å². The smallest absolute Gasteiger partial charge is 0.251 e. The molecule has 0 radical (unpaired) electrons. The van der Waals surface area contributed by atoms with E-state index in [1.807, 2.05) is 24.3 Å². The van der Waals surface area contributed by atoms with Gasteiger partial charge in [-0.1, -0.05) is 12.1 Å². The normalized spacial score (nSPS) is 14.8. The summed E-state index contributed by atoms with van der Waals surface area (Å²) >= 11 is 0. The Balaban J connectivity index is 1.48. The fourth-order valence-electron chi connectivity index (χ4n) is 3.34. The van der Waals surface area contributed by atoms with Crippen molar-refractivity contribution in [1.29, 1.82) is 0 Å². The van der Waals surface area contributed by atoms with Crippen LogP contribution in [-0.4, -0.2) is 66.8 Å². The first-order valence-corrected chi connectivity index (χ1v) is 11.4. The molecule has 0 aliphatic carbocycles. The lowest BCUT2D eigenvalue weighted by Gasteiger charge is -2.26. The number of nitrogens with zero attached hydrogens (tertiary/aromatic N) is 4. The van der Waals surface area contributed by atoms with E-state index in [9.17, 15) is 13.2 Å². The number of amides is 1. The highest BCUT2D eigenvalue weighted by Crippen LogP contribution is 2.28. The van der Waals surface area contributed by atoms with Gasteiger partial charge in [-0.2, -0.15) is 9.40 Å². The fourth-order valence-corrected chi connectivity index (χ4v) is 4.93. The summed E-state index contributed by atoms with van der Waals surface area (Å²) in [6, 6.07) is 11.9. The van der Waals surface area contributed by atoms with Crippen molar-refractivity contribution >= 4 is 15.9 Å². The zero-order valence-electron chi connectivity index (χ0n) is 17.5. The van der Waals surface area contributed by atoms with Crippen molar-refractivity contribution in [1.82, 2.24) is 24.4 Å². The molecule has 1 saturated heterocycles. The number of ether oxygens (including phenoxy) is 2. The Labute approximate surface area is 185 Å². The largest absolute Gasteiger partial charge is 0.495 e. The molecule has 11 heteroatoms. The van der Waals surface area contributed by atoms with Gasteiger partial charge in [0.1, 0.15) is 23.3 Å². The van der Waals surface area contributed by atoms with Gasteiger partial charge in [-0.05, 0) is 35.9 Å². The number of carbonyl (C=O) groups is 1. The molecule has 2 aromatic carbocycles. The second-order valence-electron chi connectivity index (χ2n) is 7.07. The number of carbonyl (C=O) groups excluding carboxylic acids is 1. The summed E-state index contributed by atoms with van der Waals surface area (Å²) in [6.07, 6.45) is 3.06. The summed E-state index contributed by atoms with van der Waals surface area (Å²) in [5.74, 6) is -0.192. The average Bonchev–Trinajstić information content (AvgIpc) is 3.38. The van der Waals surface area contributed by atoms with E-state index in [1.165, 1.54) is 29.9 Å². The third kappa shape index (κ3) is 4.64. The molecule has 1 amide bonds. The minimum atomic E-state index is -3.82. The standard InChI is InChI=1S/C21H23N5O5S/c1-30-19-7-4-17(12-20(19)32(28,29)25-8-10-31-11-9-25)21(27)23-13-16-2-5-18(6-3-16)26-15-22-14-24-26/h2-7,12,14-15H,8-11,13H2,1H3,(H,23,27). The lowest BCUT2D eigenvalue weighted by molar-refractivity contribution is 0.0729. The molecule has 2 heterocycles. The predicted octanol–water partition coefficient (Wildman–Crippen LogP) is 1.23. The predicted molar refractivity (Wildman–Crippen MR) is 115 cm³/mol. The van der Waals surface area contributed by atoms with Gasteiger partial charge in [0.2, 0.25) is 10.0 Å². The molecular weight excluding hydrogens is 434 g/mol. The Bertz CT molecular complexity index is 1170. The van der Waals surface area contributed by atoms with Gasteiger partial charge in [0, 0.05) is 25.2 Å². The first-order valence-electron chi connectivity index (χ1n) is 9.97. The van der Waals surface area contributed by atoms with E-state index >= 15 is 0 Å². The monoisotopic (exact) mass is 457 g/mol. The van der Waals surface area contributed by atoms with Crippen LogP contribution >= 0.6 is 0 Å². The van der Waals surface area contributed by atoms with E-state index in [0.717, 1.165) is 11.3 Å². The zero-order chi connectivity index (χ0) is 22.6. The number of rotatable bonds is 7. The zero-order valence-corrected chi connectivity index (χ0v) is 18.3. The van der Waals surface area contributed by atoms with Gasteiger partial charge in [-0.3, -0.25) is 4.79 Å². The molecule has 3 aromatic rings. The van der Waals surface area contributed by atoms with Crippen molar-refractivity contribution < 1.29 is 22.7 Å². The van der Waals surface area contributed by atoms with Crippen LogP contribution in [0.4, 0.5) is 0 Å². The summed E-state index contributed by atoms with van der Waals surface area (Å²) < 4.78 is 39.7. The number of sulfonamides is 1. The molecule has 168 valence electrons. The first kappa shape index (κ1) is 21.9. The number of methoxy groups -OCH3 is 1. The van der Waals surface area contributed by atoms with Crippen molar-refractivity contribution in [2.75, 3.05) is 33.4 Å². The first-order chi connectivity index (χ1) is 15.5. The number of nitrogens with one attached hydrogen (secondary N) is 1. The third-order valence-corrected chi connectivity index (χ3v) is 7.01. The molecule has 1 aromatic heterocycles. The summed E-state index contributed by atoms with van der Waals surface area (Å²) in [7, 11) is -2.42. The van der Waals surface area contributed by atoms with E-state index in [1.54, 1.807) is 17.1 Å². The van der Waals surface area contributed by atoms with Crippen molar-refractivity contribution in [3.8, 4) is 11.4 Å². The van der Waals surface area contributed by atoms with Crippen LogP contribution in [-0.2, 0) is 21.3 Å². The maximum absolute atomic E-state index is 13.1. The number of benzene rings is 2. The Morgan fingerprint density at radius 2 is 1.91 bits per heavy atom. The molecule has 1 aliphatic rings. The Kier molecular flexibility index (Phi) is 6.49. The number of hydrogen-bond acceptors (Lipinski definition) is 7. The lowest BCUT2D eigenvalue weighted by Crippen LogP contribution is -2.40. The minimum absolute atomic E-state index is 0.0354. The Morgan fingerprint density at radius 3 is 2.56 bits per heavy atom. The Morgan fingerprint density at radius 1 is 1.16 bits per heavy atom. The van der Waals surface area contributed by atoms with Gasteiger partial charge in [0.05, 0.1) is 26.0 Å². The molecule has 0 atom stereocenters. The van der Waals surface area contributed by atoms with Crippen LogP contribution in [0.1, 0.15) is 15.9 Å². The molecule has 4 rings (SSSR count). The van der Waals surface area contributed by atoms with Crippen molar-refractivity contribution in [2.45, 2.75) is 11.4 Å². The van der Waals surface area contributed by atoms with Gasteiger partial charge in [-0.25, -0.2) is 18.1 Å². The minimum Gasteiger partial charge on any atom is -0.495 e. The van der Waals surface area contributed by atoms with Gasteiger partial charge in [0.15, 0.2) is 0 Å². The highest BCUT2D eigenvalue weighted by molar-refractivity contribution is 7.89. The van der Waals surface area contributed by atoms with Gasteiger partial charge in [-0.15, -0.1) is 0 Å². The van der Waals surface area contributed by atoms with Gasteiger partial charge < -0.3 is 14.8 Å². The molecule has 1 aliphatic heterocycles. The maximum atomic E-state index is 13.1. The lowest BCUT2D eigenvalue weighted by atomic mass is 10.1. The molecular formula is C21H23N5O5S. The van der Waals surface area contributed by atoms with Crippen LogP contribution < -0.4 is 10.1 Å². The van der Waals surface area contributed by atoms with Crippen LogP contribution in [0.15, 0.2) is 60.0 Å². The molecule has 1 N–H and O–H groups in total. The SMILES string of the molecule is COc1ccc(C(=O)NCc2ccc(-n3cncn3)cc2)cc1S(=O)(=O)N1CCOCC1. The van der Waals surface area contributed by atoms with E-state index in [-0.39, 0.29) is 41.7 Å². The molecule has 0 spiro atoms. The van der Waals surface area contributed by atoms with E-state index in [2.05, 4.69) is 15.4 Å². The quantitative estimate of drug-likeness (QED) is 0.567. The van der Waals surface area contributed by atoms with E-state index < -0.39 is 10.0 Å². The third-order valence-electron chi connectivity index (χ3n) is 5.09. The van der Waals surface area contributed by atoms with Gasteiger partial charge in [0.25, 0.3) is 5.91 Å². The van der Waals surface area contributed by atoms with Crippen LogP contribution in [0.3, 0.4) is 0 Å². The molecule has 10 nitrogen and oxygen atoms in total. The van der Waals surface area contributed by atoms with Crippen LogP contribution in [0.2, 0.25) is 0 Å². The van der Waals surface area contributed by atoms with Crippen molar-refractivity contribution in [3.63, 3.8) is 0 Å². The second-order valence-corrected chi connectivity index (χ2v) is 8.98. The van der Waals surface area contributed by atoms with Crippen LogP contribution in [0, 0.1) is 0 Å². The fraction of sp³-hybridized carbons (Fsp3) is 0.286. The van der Waals surface area contributed by atoms with Crippen LogP contribution in [0.5, 0.6) is 5.75 Å². The summed E-state index contributed by atoms with van der Waals surface area (Å²) in [5.41, 5.74) is 1.97. The van der Waals surface area contributed by atoms with E-state index in [4.69, 9.17) is 9.47 Å². The highest BCUT2D eigenvalue weighted by atomic mass is 32.2. The van der Waals surface area contributed by atoms with Crippen LogP contribution in [0.25, 0.3) is 5.69 Å². The topological polar surface area (TPSA) is 116 Å². The molecule has 0 saturated carbocycles. The second kappa shape index (κ2) is 9.47. The molecule has 32 heavy (non-hydrogen) atoms. The maximum Gasteiger partial charge on any atom is 0.251 e. The molecule has 0 bridgehead atoms.